The lowest BCUT2D eigenvalue weighted by atomic mass is 10.1. The number of nitrogens with zero attached hydrogens (tertiary/aromatic N) is 1. The highest BCUT2D eigenvalue weighted by atomic mass is 16.5. The number of nitrogens with one attached hydrogen (secondary N) is 1. The van der Waals surface area contributed by atoms with Crippen LogP contribution in [0.4, 0.5) is 0 Å². The molecule has 0 saturated heterocycles. The quantitative estimate of drug-likeness (QED) is 0.729. The Bertz CT molecular complexity index is 714. The van der Waals surface area contributed by atoms with Crippen molar-refractivity contribution in [1.82, 2.24) is 9.97 Å². The first-order valence-electron chi connectivity index (χ1n) is 5.89. The number of aromatic nitrogens is 2. The molecule has 19 heavy (non-hydrogen) atoms. The molecule has 0 aliphatic rings. The van der Waals surface area contributed by atoms with Crippen LogP contribution in [0.2, 0.25) is 0 Å². The zero-order chi connectivity index (χ0) is 13.2. The van der Waals surface area contributed by atoms with E-state index in [1.54, 1.807) is 19.4 Å². The van der Waals surface area contributed by atoms with Crippen molar-refractivity contribution >= 4 is 17.3 Å². The normalized spacial score (nSPS) is 10.6. The Morgan fingerprint density at radius 2 is 2.16 bits per heavy atom. The van der Waals surface area contributed by atoms with Crippen LogP contribution in [-0.4, -0.2) is 23.4 Å². The molecule has 4 nitrogen and oxygen atoms in total. The predicted octanol–water partition coefficient (Wildman–Crippen LogP) is 3.05. The van der Waals surface area contributed by atoms with Crippen LogP contribution in [0.25, 0.3) is 22.3 Å². The molecule has 0 unspecified atom stereocenters. The number of H-pyrrole nitrogens is 1. The van der Waals surface area contributed by atoms with E-state index >= 15 is 0 Å². The van der Waals surface area contributed by atoms with Crippen molar-refractivity contribution in [2.45, 2.75) is 0 Å². The van der Waals surface area contributed by atoms with E-state index in [2.05, 4.69) is 9.97 Å². The van der Waals surface area contributed by atoms with Crippen LogP contribution in [0.15, 0.2) is 42.6 Å². The molecule has 0 bridgehead atoms. The average molecular weight is 252 g/mol. The minimum Gasteiger partial charge on any atom is -0.496 e. The van der Waals surface area contributed by atoms with E-state index in [4.69, 9.17) is 4.74 Å². The maximum Gasteiger partial charge on any atom is 0.153 e. The second-order valence-electron chi connectivity index (χ2n) is 4.20. The monoisotopic (exact) mass is 252 g/mol. The number of carbonyl (C=O) groups excluding carboxylic acids is 1. The summed E-state index contributed by atoms with van der Waals surface area (Å²) in [4.78, 5) is 18.4. The number of hydrogen-bond acceptors (Lipinski definition) is 3. The summed E-state index contributed by atoms with van der Waals surface area (Å²) in [7, 11) is 1.55. The Kier molecular flexibility index (Phi) is 2.76. The molecule has 94 valence electrons. The van der Waals surface area contributed by atoms with Gasteiger partial charge < -0.3 is 9.72 Å². The van der Waals surface area contributed by atoms with Gasteiger partial charge in [-0.05, 0) is 30.3 Å². The molecular weight excluding hydrogens is 240 g/mol. The van der Waals surface area contributed by atoms with E-state index in [0.717, 1.165) is 28.6 Å². The van der Waals surface area contributed by atoms with Crippen LogP contribution < -0.4 is 4.74 Å². The van der Waals surface area contributed by atoms with Crippen LogP contribution in [0.1, 0.15) is 10.4 Å². The minimum atomic E-state index is 0.542. The SMILES string of the molecule is COc1cc(-c2cc3cccnc3[nH]2)ccc1C=O. The minimum absolute atomic E-state index is 0.542. The number of methoxy groups -OCH3 is 1. The van der Waals surface area contributed by atoms with Gasteiger partial charge in [-0.25, -0.2) is 4.98 Å². The Balaban J connectivity index is 2.13. The Labute approximate surface area is 110 Å². The third kappa shape index (κ3) is 1.97. The lowest BCUT2D eigenvalue weighted by molar-refractivity contribution is 0.112. The van der Waals surface area contributed by atoms with Crippen molar-refractivity contribution in [1.29, 1.82) is 0 Å². The van der Waals surface area contributed by atoms with Gasteiger partial charge in [0, 0.05) is 22.8 Å². The average Bonchev–Trinajstić information content (AvgIpc) is 2.90. The molecule has 0 aliphatic heterocycles. The highest BCUT2D eigenvalue weighted by Crippen LogP contribution is 2.27. The number of ether oxygens (including phenoxy) is 1. The van der Waals surface area contributed by atoms with E-state index < -0.39 is 0 Å². The fourth-order valence-electron chi connectivity index (χ4n) is 2.09. The zero-order valence-electron chi connectivity index (χ0n) is 10.4. The van der Waals surface area contributed by atoms with Crippen LogP contribution in [-0.2, 0) is 0 Å². The summed E-state index contributed by atoms with van der Waals surface area (Å²) < 4.78 is 5.21. The topological polar surface area (TPSA) is 55.0 Å². The molecule has 0 fully saturated rings. The van der Waals surface area contributed by atoms with Crippen molar-refractivity contribution in [2.75, 3.05) is 7.11 Å². The first-order valence-corrected chi connectivity index (χ1v) is 5.89. The zero-order valence-corrected chi connectivity index (χ0v) is 10.4. The summed E-state index contributed by atoms with van der Waals surface area (Å²) in [6.07, 6.45) is 2.54. The van der Waals surface area contributed by atoms with Gasteiger partial charge in [0.25, 0.3) is 0 Å². The lowest BCUT2D eigenvalue weighted by Gasteiger charge is -2.05. The maximum atomic E-state index is 10.9. The number of fused-ring (bicyclic) bond motifs is 1. The van der Waals surface area contributed by atoms with Gasteiger partial charge in [-0.15, -0.1) is 0 Å². The highest BCUT2D eigenvalue weighted by molar-refractivity contribution is 5.85. The largest absolute Gasteiger partial charge is 0.496 e. The van der Waals surface area contributed by atoms with E-state index in [1.807, 2.05) is 30.3 Å². The Hall–Kier alpha value is -2.62. The van der Waals surface area contributed by atoms with Crippen molar-refractivity contribution in [3.63, 3.8) is 0 Å². The molecular formula is C15H12N2O2. The smallest absolute Gasteiger partial charge is 0.153 e. The van der Waals surface area contributed by atoms with Gasteiger partial charge in [0.2, 0.25) is 0 Å². The van der Waals surface area contributed by atoms with Gasteiger partial charge >= 0.3 is 0 Å². The third-order valence-electron chi connectivity index (χ3n) is 3.06. The van der Waals surface area contributed by atoms with E-state index in [9.17, 15) is 4.79 Å². The third-order valence-corrected chi connectivity index (χ3v) is 3.06. The molecule has 0 spiro atoms. The van der Waals surface area contributed by atoms with Crippen molar-refractivity contribution < 1.29 is 9.53 Å². The standard InChI is InChI=1S/C15H12N2O2/c1-19-14-8-10(4-5-12(14)9-18)13-7-11-3-2-6-16-15(11)17-13/h2-9H,1H3,(H,16,17). The number of rotatable bonds is 3. The van der Waals surface area contributed by atoms with Gasteiger partial charge in [0.15, 0.2) is 6.29 Å². The van der Waals surface area contributed by atoms with Gasteiger partial charge in [0.1, 0.15) is 11.4 Å². The van der Waals surface area contributed by atoms with Crippen LogP contribution in [0, 0.1) is 0 Å². The second-order valence-corrected chi connectivity index (χ2v) is 4.20. The molecule has 2 heterocycles. The molecule has 3 aromatic rings. The van der Waals surface area contributed by atoms with Gasteiger partial charge in [-0.3, -0.25) is 4.79 Å². The summed E-state index contributed by atoms with van der Waals surface area (Å²) in [5, 5.41) is 1.05. The Morgan fingerprint density at radius 3 is 2.89 bits per heavy atom. The number of aromatic amines is 1. The van der Waals surface area contributed by atoms with Gasteiger partial charge in [-0.1, -0.05) is 6.07 Å². The lowest BCUT2D eigenvalue weighted by Crippen LogP contribution is -1.91. The first kappa shape index (κ1) is 11.5. The number of aldehydes is 1. The fourth-order valence-corrected chi connectivity index (χ4v) is 2.09. The summed E-state index contributed by atoms with van der Waals surface area (Å²) in [5.74, 6) is 0.569. The fraction of sp³-hybridized carbons (Fsp3) is 0.0667. The summed E-state index contributed by atoms with van der Waals surface area (Å²) in [6, 6.07) is 11.4. The van der Waals surface area contributed by atoms with E-state index in [-0.39, 0.29) is 0 Å². The predicted molar refractivity (Wildman–Crippen MR) is 73.5 cm³/mol. The van der Waals surface area contributed by atoms with Crippen molar-refractivity contribution in [3.8, 4) is 17.0 Å². The summed E-state index contributed by atoms with van der Waals surface area (Å²) in [5.41, 5.74) is 3.29. The number of pyridine rings is 1. The second kappa shape index (κ2) is 4.57. The van der Waals surface area contributed by atoms with Crippen molar-refractivity contribution in [3.05, 3.63) is 48.2 Å². The van der Waals surface area contributed by atoms with Crippen LogP contribution in [0.5, 0.6) is 5.75 Å². The summed E-state index contributed by atoms with van der Waals surface area (Å²) in [6.45, 7) is 0. The molecule has 0 saturated carbocycles. The maximum absolute atomic E-state index is 10.9. The van der Waals surface area contributed by atoms with Gasteiger partial charge in [-0.2, -0.15) is 0 Å². The number of benzene rings is 1. The van der Waals surface area contributed by atoms with Crippen LogP contribution in [0.3, 0.4) is 0 Å². The molecule has 0 atom stereocenters. The molecule has 3 rings (SSSR count). The van der Waals surface area contributed by atoms with Crippen molar-refractivity contribution in [2.24, 2.45) is 0 Å². The molecule has 4 heteroatoms. The highest BCUT2D eigenvalue weighted by Gasteiger charge is 2.07. The number of carbonyl (C=O) groups is 1. The molecule has 0 aliphatic carbocycles. The van der Waals surface area contributed by atoms with Crippen LogP contribution >= 0.6 is 0 Å². The van der Waals surface area contributed by atoms with Gasteiger partial charge in [0.05, 0.1) is 12.7 Å². The molecule has 1 aromatic carbocycles. The molecule has 1 N–H and O–H groups in total. The molecule has 0 amide bonds. The van der Waals surface area contributed by atoms with E-state index in [1.165, 1.54) is 0 Å². The first-order chi connectivity index (χ1) is 9.31. The summed E-state index contributed by atoms with van der Waals surface area (Å²) >= 11 is 0. The molecule has 0 radical (unpaired) electrons. The van der Waals surface area contributed by atoms with E-state index in [0.29, 0.717) is 11.3 Å². The number of hydrogen-bond donors (Lipinski definition) is 1. The Morgan fingerprint density at radius 1 is 1.26 bits per heavy atom. The molecule has 2 aromatic heterocycles.